The Morgan fingerprint density at radius 1 is 1.09 bits per heavy atom. The summed E-state index contributed by atoms with van der Waals surface area (Å²) in [6.45, 7) is 0.340. The number of nitrogens with one attached hydrogen (secondary N) is 1. The van der Waals surface area contributed by atoms with Crippen molar-refractivity contribution in [3.8, 4) is 11.5 Å². The molecule has 0 unspecified atom stereocenters. The topological polar surface area (TPSA) is 120 Å². The van der Waals surface area contributed by atoms with E-state index in [9.17, 15) is 14.4 Å². The smallest absolute Gasteiger partial charge is 0.330 e. The van der Waals surface area contributed by atoms with Gasteiger partial charge in [-0.3, -0.25) is 24.0 Å². The summed E-state index contributed by atoms with van der Waals surface area (Å²) in [5.41, 5.74) is 6.72. The van der Waals surface area contributed by atoms with Crippen LogP contribution in [0.3, 0.4) is 0 Å². The van der Waals surface area contributed by atoms with Gasteiger partial charge in [0.1, 0.15) is 5.82 Å². The molecule has 0 spiro atoms. The normalized spacial score (nSPS) is 15.1. The van der Waals surface area contributed by atoms with Gasteiger partial charge in [-0.2, -0.15) is 0 Å². The molecule has 3 aromatic rings. The monoisotopic (exact) mass is 474 g/mol. The lowest BCUT2D eigenvalue weighted by Crippen LogP contribution is -2.45. The van der Waals surface area contributed by atoms with Crippen LogP contribution in [-0.4, -0.2) is 28.3 Å². The fraction of sp³-hybridized carbons (Fsp3) is 0.269. The van der Waals surface area contributed by atoms with Gasteiger partial charge >= 0.3 is 5.69 Å². The molecule has 1 saturated carbocycles. The first-order valence-corrected chi connectivity index (χ1v) is 11.6. The molecule has 1 fully saturated rings. The maximum atomic E-state index is 13.5. The molecule has 2 heterocycles. The zero-order valence-electron chi connectivity index (χ0n) is 19.1. The highest BCUT2D eigenvalue weighted by Gasteiger charge is 2.31. The van der Waals surface area contributed by atoms with Gasteiger partial charge in [-0.25, -0.2) is 4.79 Å². The van der Waals surface area contributed by atoms with Gasteiger partial charge in [0, 0.05) is 12.1 Å². The predicted molar refractivity (Wildman–Crippen MR) is 133 cm³/mol. The maximum Gasteiger partial charge on any atom is 0.330 e. The zero-order chi connectivity index (χ0) is 24.4. The quantitative estimate of drug-likeness (QED) is 0.530. The molecule has 0 saturated heterocycles. The second-order valence-corrected chi connectivity index (χ2v) is 8.66. The van der Waals surface area contributed by atoms with Crippen LogP contribution in [0.4, 0.5) is 11.5 Å². The number of nitrogens with two attached hydrogens (primary N) is 1. The van der Waals surface area contributed by atoms with E-state index in [2.05, 4.69) is 4.98 Å². The molecule has 1 aliphatic carbocycles. The Kier molecular flexibility index (Phi) is 6.13. The molecule has 1 aromatic heterocycles. The number of aromatic nitrogens is 2. The summed E-state index contributed by atoms with van der Waals surface area (Å²) in [6.07, 6.45) is 6.47. The summed E-state index contributed by atoms with van der Waals surface area (Å²) in [5, 5.41) is 0. The van der Waals surface area contributed by atoms with Crippen molar-refractivity contribution in [2.24, 2.45) is 0 Å². The summed E-state index contributed by atoms with van der Waals surface area (Å²) < 4.78 is 12.0. The number of carbonyl (C=O) groups excluding carboxylic acids is 1. The highest BCUT2D eigenvalue weighted by atomic mass is 16.7. The van der Waals surface area contributed by atoms with Gasteiger partial charge in [0.25, 0.3) is 11.5 Å². The largest absolute Gasteiger partial charge is 0.454 e. The highest BCUT2D eigenvalue weighted by molar-refractivity contribution is 6.05. The first kappa shape index (κ1) is 22.5. The third kappa shape index (κ3) is 4.57. The van der Waals surface area contributed by atoms with Crippen LogP contribution in [0, 0.1) is 0 Å². The average molecular weight is 475 g/mol. The third-order valence-electron chi connectivity index (χ3n) is 6.38. The van der Waals surface area contributed by atoms with E-state index in [4.69, 9.17) is 15.2 Å². The van der Waals surface area contributed by atoms with E-state index < -0.39 is 11.2 Å². The zero-order valence-corrected chi connectivity index (χ0v) is 19.1. The standard InChI is InChI=1S/C26H26N4O5/c27-24-23(25(32)28-26(33)29(24)15-18-6-2-1-3-7-18)30(19-8-4-5-9-19)22(31)13-11-17-10-12-20-21(14-17)35-16-34-20/h1-3,6-7,10-14,19H,4-5,8-9,15-16,27H2,(H,28,32,33)/b13-11+. The van der Waals surface area contributed by atoms with Gasteiger partial charge in [0.05, 0.1) is 6.54 Å². The van der Waals surface area contributed by atoms with Gasteiger partial charge in [-0.1, -0.05) is 49.2 Å². The minimum Gasteiger partial charge on any atom is -0.454 e. The van der Waals surface area contributed by atoms with Crippen LogP contribution in [0.5, 0.6) is 11.5 Å². The number of nitrogen functional groups attached to an aromatic ring is 1. The van der Waals surface area contributed by atoms with Gasteiger partial charge in [0.15, 0.2) is 17.2 Å². The van der Waals surface area contributed by atoms with E-state index in [0.29, 0.717) is 11.5 Å². The molecule has 0 radical (unpaired) electrons. The second-order valence-electron chi connectivity index (χ2n) is 8.66. The van der Waals surface area contributed by atoms with E-state index in [1.807, 2.05) is 36.4 Å². The van der Waals surface area contributed by atoms with Crippen LogP contribution in [0.25, 0.3) is 6.08 Å². The maximum absolute atomic E-state index is 13.5. The second kappa shape index (κ2) is 9.54. The Morgan fingerprint density at radius 3 is 2.60 bits per heavy atom. The molecular formula is C26H26N4O5. The molecular weight excluding hydrogens is 448 g/mol. The number of ether oxygens (including phenoxy) is 2. The molecule has 35 heavy (non-hydrogen) atoms. The molecule has 2 aromatic carbocycles. The van der Waals surface area contributed by atoms with Gasteiger partial charge in [-0.05, 0) is 42.2 Å². The minimum absolute atomic E-state index is 0.00719. The van der Waals surface area contributed by atoms with E-state index >= 15 is 0 Å². The van der Waals surface area contributed by atoms with Crippen molar-refractivity contribution in [1.82, 2.24) is 9.55 Å². The minimum atomic E-state index is -0.673. The number of benzene rings is 2. The number of fused-ring (bicyclic) bond motifs is 1. The molecule has 180 valence electrons. The number of H-pyrrole nitrogens is 1. The van der Waals surface area contributed by atoms with Crippen LogP contribution < -0.4 is 31.4 Å². The number of hydrogen-bond acceptors (Lipinski definition) is 6. The summed E-state index contributed by atoms with van der Waals surface area (Å²) in [5.74, 6) is 0.859. The van der Waals surface area contributed by atoms with Crippen LogP contribution in [0.1, 0.15) is 36.8 Å². The van der Waals surface area contributed by atoms with E-state index in [1.54, 1.807) is 18.2 Å². The number of amides is 1. The van der Waals surface area contributed by atoms with E-state index in [0.717, 1.165) is 36.8 Å². The Balaban J connectivity index is 1.51. The number of aromatic amines is 1. The first-order valence-electron chi connectivity index (χ1n) is 11.6. The van der Waals surface area contributed by atoms with Gasteiger partial charge < -0.3 is 15.2 Å². The molecule has 5 rings (SSSR count). The number of rotatable bonds is 6. The van der Waals surface area contributed by atoms with E-state index in [1.165, 1.54) is 15.5 Å². The Hall–Kier alpha value is -4.27. The Morgan fingerprint density at radius 2 is 1.83 bits per heavy atom. The van der Waals surface area contributed by atoms with Crippen molar-refractivity contribution >= 4 is 23.5 Å². The molecule has 0 atom stereocenters. The molecule has 1 amide bonds. The third-order valence-corrected chi connectivity index (χ3v) is 6.38. The summed E-state index contributed by atoms with van der Waals surface area (Å²) in [7, 11) is 0. The van der Waals surface area contributed by atoms with Crippen molar-refractivity contribution in [1.29, 1.82) is 0 Å². The molecule has 2 aliphatic rings. The SMILES string of the molecule is Nc1c(N(C(=O)/C=C/c2ccc3c(c2)OCO3)C2CCCC2)c(=O)[nH]c(=O)n1Cc1ccccc1. The van der Waals surface area contributed by atoms with Crippen molar-refractivity contribution in [2.75, 3.05) is 17.4 Å². The Bertz CT molecular complexity index is 1390. The summed E-state index contributed by atoms with van der Waals surface area (Å²) in [4.78, 5) is 42.9. The highest BCUT2D eigenvalue weighted by Crippen LogP contribution is 2.33. The number of anilines is 2. The van der Waals surface area contributed by atoms with Crippen LogP contribution in [0.2, 0.25) is 0 Å². The Labute approximate surface area is 201 Å². The molecule has 0 bridgehead atoms. The predicted octanol–water partition coefficient (Wildman–Crippen LogP) is 2.88. The summed E-state index contributed by atoms with van der Waals surface area (Å²) >= 11 is 0. The number of carbonyl (C=O) groups is 1. The first-order chi connectivity index (χ1) is 17.0. The van der Waals surface area contributed by atoms with Gasteiger partial charge in [0.2, 0.25) is 6.79 Å². The van der Waals surface area contributed by atoms with E-state index in [-0.39, 0.29) is 36.8 Å². The van der Waals surface area contributed by atoms with Crippen molar-refractivity contribution in [3.63, 3.8) is 0 Å². The average Bonchev–Trinajstić information content (AvgIpc) is 3.55. The lowest BCUT2D eigenvalue weighted by Gasteiger charge is -2.29. The molecule has 9 nitrogen and oxygen atoms in total. The lowest BCUT2D eigenvalue weighted by molar-refractivity contribution is -0.114. The summed E-state index contributed by atoms with van der Waals surface area (Å²) in [6, 6.07) is 14.5. The van der Waals surface area contributed by atoms with Gasteiger partial charge in [-0.15, -0.1) is 0 Å². The molecule has 9 heteroatoms. The van der Waals surface area contributed by atoms with Crippen LogP contribution in [0.15, 0.2) is 64.2 Å². The van der Waals surface area contributed by atoms with Crippen molar-refractivity contribution < 1.29 is 14.3 Å². The molecule has 1 aliphatic heterocycles. The number of nitrogens with zero attached hydrogens (tertiary/aromatic N) is 2. The fourth-order valence-electron chi connectivity index (χ4n) is 4.63. The lowest BCUT2D eigenvalue weighted by atomic mass is 10.1. The fourth-order valence-corrected chi connectivity index (χ4v) is 4.63. The van der Waals surface area contributed by atoms with Crippen LogP contribution >= 0.6 is 0 Å². The number of hydrogen-bond donors (Lipinski definition) is 2. The van der Waals surface area contributed by atoms with Crippen LogP contribution in [-0.2, 0) is 11.3 Å². The van der Waals surface area contributed by atoms with Crippen molar-refractivity contribution in [2.45, 2.75) is 38.3 Å². The van der Waals surface area contributed by atoms with Crippen molar-refractivity contribution in [3.05, 3.63) is 86.6 Å². The molecule has 3 N–H and O–H groups in total.